The Labute approximate surface area is 153 Å². The van der Waals surface area contributed by atoms with E-state index in [0.29, 0.717) is 13.1 Å². The Bertz CT molecular complexity index is 889. The number of hydrogen-bond acceptors (Lipinski definition) is 5. The predicted molar refractivity (Wildman–Crippen MR) is 95.5 cm³/mol. The third-order valence-electron chi connectivity index (χ3n) is 4.77. The van der Waals surface area contributed by atoms with Crippen LogP contribution >= 0.6 is 11.6 Å². The first-order chi connectivity index (χ1) is 11.7. The molecule has 1 aromatic carbocycles. The van der Waals surface area contributed by atoms with E-state index in [1.807, 2.05) is 0 Å². The summed E-state index contributed by atoms with van der Waals surface area (Å²) in [4.78, 5) is 14.3. The number of amides is 1. The molecule has 2 aliphatic heterocycles. The Kier molecular flexibility index (Phi) is 5.14. The lowest BCUT2D eigenvalue weighted by Gasteiger charge is -2.27. The van der Waals surface area contributed by atoms with Crippen LogP contribution in [0, 0.1) is 0 Å². The minimum Gasteiger partial charge on any atom is -0.339 e. The van der Waals surface area contributed by atoms with Crippen molar-refractivity contribution in [2.24, 2.45) is 0 Å². The molecule has 9 heteroatoms. The van der Waals surface area contributed by atoms with Crippen molar-refractivity contribution in [2.45, 2.75) is 35.8 Å². The van der Waals surface area contributed by atoms with Crippen molar-refractivity contribution >= 4 is 37.2 Å². The lowest BCUT2D eigenvalue weighted by molar-refractivity contribution is 0.0724. The maximum Gasteiger partial charge on any atom is 0.255 e. The minimum atomic E-state index is -3.82. The van der Waals surface area contributed by atoms with Gasteiger partial charge in [0.2, 0.25) is 0 Å². The van der Waals surface area contributed by atoms with Gasteiger partial charge in [0.15, 0.2) is 19.7 Å². The maximum absolute atomic E-state index is 12.8. The highest BCUT2D eigenvalue weighted by molar-refractivity contribution is 7.96. The van der Waals surface area contributed by atoms with E-state index in [1.54, 1.807) is 4.90 Å². The van der Waals surface area contributed by atoms with Crippen molar-refractivity contribution in [2.75, 3.05) is 24.6 Å². The monoisotopic (exact) mass is 405 g/mol. The largest absolute Gasteiger partial charge is 0.339 e. The zero-order valence-electron chi connectivity index (χ0n) is 13.6. The van der Waals surface area contributed by atoms with Crippen LogP contribution in [0.5, 0.6) is 0 Å². The first-order valence-electron chi connectivity index (χ1n) is 8.24. The molecular weight excluding hydrogens is 386 g/mol. The van der Waals surface area contributed by atoms with Crippen LogP contribution in [-0.4, -0.2) is 57.5 Å². The number of hydrogen-bond donors (Lipinski definition) is 0. The Balaban J connectivity index is 1.92. The molecule has 0 aromatic heterocycles. The number of likely N-dealkylation sites (tertiary alicyclic amines) is 1. The summed E-state index contributed by atoms with van der Waals surface area (Å²) in [5.74, 6) is -0.766. The summed E-state index contributed by atoms with van der Waals surface area (Å²) in [6, 6.07) is 4.03. The van der Waals surface area contributed by atoms with Crippen LogP contribution < -0.4 is 0 Å². The summed E-state index contributed by atoms with van der Waals surface area (Å²) >= 11 is 6.13. The number of halogens is 1. The van der Waals surface area contributed by atoms with Crippen LogP contribution in [0.3, 0.4) is 0 Å². The molecular formula is C16H20ClNO5S2. The van der Waals surface area contributed by atoms with Crippen molar-refractivity contribution in [1.29, 1.82) is 0 Å². The van der Waals surface area contributed by atoms with Gasteiger partial charge >= 0.3 is 0 Å². The van der Waals surface area contributed by atoms with E-state index in [-0.39, 0.29) is 39.3 Å². The second-order valence-corrected chi connectivity index (χ2v) is 11.4. The van der Waals surface area contributed by atoms with E-state index in [0.717, 1.165) is 19.3 Å². The number of sulfone groups is 2. The van der Waals surface area contributed by atoms with Crippen LogP contribution in [0.4, 0.5) is 0 Å². The van der Waals surface area contributed by atoms with Crippen LogP contribution in [0.1, 0.15) is 36.0 Å². The Morgan fingerprint density at radius 1 is 1.16 bits per heavy atom. The van der Waals surface area contributed by atoms with Crippen molar-refractivity contribution in [3.05, 3.63) is 28.8 Å². The fraction of sp³-hybridized carbons (Fsp3) is 0.562. The molecule has 25 heavy (non-hydrogen) atoms. The Morgan fingerprint density at radius 3 is 2.44 bits per heavy atom. The number of rotatable bonds is 3. The molecule has 0 bridgehead atoms. The SMILES string of the molecule is O=C(c1cc(S(=O)(=O)C2CCS(=O)(=O)C2)ccc1Cl)N1CCCCC1. The van der Waals surface area contributed by atoms with Gasteiger partial charge in [-0.3, -0.25) is 4.79 Å². The minimum absolute atomic E-state index is 0.0423. The van der Waals surface area contributed by atoms with Gasteiger partial charge in [0, 0.05) is 13.1 Å². The molecule has 1 atom stereocenters. The van der Waals surface area contributed by atoms with E-state index in [4.69, 9.17) is 11.6 Å². The lowest BCUT2D eigenvalue weighted by Crippen LogP contribution is -2.35. The molecule has 1 unspecified atom stereocenters. The number of piperidine rings is 1. The standard InChI is InChI=1S/C16H20ClNO5S2/c17-15-5-4-12(25(22,23)13-6-9-24(20,21)11-13)10-14(15)16(19)18-7-2-1-3-8-18/h4-5,10,13H,1-3,6-9,11H2. The molecule has 0 N–H and O–H groups in total. The van der Waals surface area contributed by atoms with Gasteiger partial charge in [-0.25, -0.2) is 16.8 Å². The lowest BCUT2D eigenvalue weighted by atomic mass is 10.1. The Morgan fingerprint density at radius 2 is 1.84 bits per heavy atom. The molecule has 0 radical (unpaired) electrons. The van der Waals surface area contributed by atoms with Crippen LogP contribution in [-0.2, 0) is 19.7 Å². The zero-order valence-corrected chi connectivity index (χ0v) is 16.0. The van der Waals surface area contributed by atoms with Gasteiger partial charge in [0.05, 0.1) is 32.2 Å². The van der Waals surface area contributed by atoms with Crippen molar-refractivity contribution < 1.29 is 21.6 Å². The van der Waals surface area contributed by atoms with Crippen molar-refractivity contribution in [1.82, 2.24) is 4.90 Å². The molecule has 0 spiro atoms. The third-order valence-corrected chi connectivity index (χ3v) is 9.27. The molecule has 0 saturated carbocycles. The average molecular weight is 406 g/mol. The van der Waals surface area contributed by atoms with E-state index in [2.05, 4.69) is 0 Å². The molecule has 2 heterocycles. The molecule has 1 aromatic rings. The van der Waals surface area contributed by atoms with Gasteiger partial charge in [-0.2, -0.15) is 0 Å². The summed E-state index contributed by atoms with van der Waals surface area (Å²) in [7, 11) is -7.14. The summed E-state index contributed by atoms with van der Waals surface area (Å²) in [6.45, 7) is 1.26. The van der Waals surface area contributed by atoms with E-state index >= 15 is 0 Å². The van der Waals surface area contributed by atoms with Crippen LogP contribution in [0.2, 0.25) is 5.02 Å². The smallest absolute Gasteiger partial charge is 0.255 e. The number of nitrogens with zero attached hydrogens (tertiary/aromatic N) is 1. The fourth-order valence-corrected chi connectivity index (χ4v) is 7.89. The highest BCUT2D eigenvalue weighted by Crippen LogP contribution is 2.29. The summed E-state index contributed by atoms with van der Waals surface area (Å²) in [5, 5.41) is -0.759. The Hall–Kier alpha value is -1.12. The number of carbonyl (C=O) groups excluding carboxylic acids is 1. The third kappa shape index (κ3) is 3.85. The quantitative estimate of drug-likeness (QED) is 0.766. The second-order valence-electron chi connectivity index (χ2n) is 6.56. The second kappa shape index (κ2) is 6.89. The van der Waals surface area contributed by atoms with Crippen LogP contribution in [0.25, 0.3) is 0 Å². The van der Waals surface area contributed by atoms with Gasteiger partial charge in [-0.1, -0.05) is 11.6 Å². The maximum atomic E-state index is 12.8. The van der Waals surface area contributed by atoms with Gasteiger partial charge in [0.1, 0.15) is 0 Å². The van der Waals surface area contributed by atoms with Crippen LogP contribution in [0.15, 0.2) is 23.1 Å². The molecule has 138 valence electrons. The first-order valence-corrected chi connectivity index (χ1v) is 12.0. The van der Waals surface area contributed by atoms with E-state index < -0.39 is 24.9 Å². The molecule has 3 rings (SSSR count). The van der Waals surface area contributed by atoms with Gasteiger partial charge < -0.3 is 4.90 Å². The first kappa shape index (κ1) is 18.7. The van der Waals surface area contributed by atoms with Gasteiger partial charge in [-0.05, 0) is 43.9 Å². The topological polar surface area (TPSA) is 88.6 Å². The van der Waals surface area contributed by atoms with Crippen molar-refractivity contribution in [3.63, 3.8) is 0 Å². The summed E-state index contributed by atoms with van der Waals surface area (Å²) < 4.78 is 48.7. The van der Waals surface area contributed by atoms with Gasteiger partial charge in [-0.15, -0.1) is 0 Å². The molecule has 1 amide bonds. The molecule has 2 saturated heterocycles. The zero-order chi connectivity index (χ0) is 18.2. The van der Waals surface area contributed by atoms with E-state index in [1.165, 1.54) is 18.2 Å². The summed E-state index contributed by atoms with van der Waals surface area (Å²) in [5.41, 5.74) is 0.158. The van der Waals surface area contributed by atoms with Crippen molar-refractivity contribution in [3.8, 4) is 0 Å². The predicted octanol–water partition coefficient (Wildman–Crippen LogP) is 1.93. The summed E-state index contributed by atoms with van der Waals surface area (Å²) in [6.07, 6.45) is 2.99. The molecule has 2 fully saturated rings. The highest BCUT2D eigenvalue weighted by atomic mass is 35.5. The average Bonchev–Trinajstić information content (AvgIpc) is 2.96. The molecule has 6 nitrogen and oxygen atoms in total. The highest BCUT2D eigenvalue weighted by Gasteiger charge is 2.38. The number of carbonyl (C=O) groups is 1. The number of benzene rings is 1. The fourth-order valence-electron chi connectivity index (χ4n) is 3.31. The van der Waals surface area contributed by atoms with E-state index in [9.17, 15) is 21.6 Å². The molecule has 0 aliphatic carbocycles. The van der Waals surface area contributed by atoms with Gasteiger partial charge in [0.25, 0.3) is 5.91 Å². The molecule has 2 aliphatic rings. The normalized spacial score (nSPS) is 23.6.